The fraction of sp³-hybridized carbons (Fsp3) is 0.286. The summed E-state index contributed by atoms with van der Waals surface area (Å²) in [6.45, 7) is 9.76. The van der Waals surface area contributed by atoms with E-state index in [1.807, 2.05) is 62.4 Å². The quantitative estimate of drug-likeness (QED) is 0.209. The summed E-state index contributed by atoms with van der Waals surface area (Å²) in [6, 6.07) is 25.0. The van der Waals surface area contributed by atoms with Crippen molar-refractivity contribution in [3.63, 3.8) is 0 Å². The Labute approximate surface area is 204 Å². The van der Waals surface area contributed by atoms with E-state index in [1.165, 1.54) is 0 Å². The van der Waals surface area contributed by atoms with Gasteiger partial charge in [-0.05, 0) is 75.2 Å². The van der Waals surface area contributed by atoms with Crippen molar-refractivity contribution in [1.82, 2.24) is 0 Å². The van der Waals surface area contributed by atoms with Crippen LogP contribution in [0.1, 0.15) is 45.0 Å². The van der Waals surface area contributed by atoms with Crippen LogP contribution in [-0.2, 0) is 20.4 Å². The maximum Gasteiger partial charge on any atom is 0.514 e. The number of esters is 1. The molecule has 1 atom stereocenters. The fourth-order valence-electron chi connectivity index (χ4n) is 3.05. The van der Waals surface area contributed by atoms with Crippen molar-refractivity contribution >= 4 is 23.0 Å². The van der Waals surface area contributed by atoms with Gasteiger partial charge in [0, 0.05) is 6.07 Å². The minimum Gasteiger partial charge on any atom is -0.462 e. The van der Waals surface area contributed by atoms with Crippen LogP contribution < -0.4 is 4.74 Å². The van der Waals surface area contributed by atoms with Gasteiger partial charge >= 0.3 is 12.1 Å². The van der Waals surface area contributed by atoms with Crippen LogP contribution in [0.15, 0.2) is 93.5 Å². The molecule has 3 aromatic rings. The number of rotatable bonds is 7. The van der Waals surface area contributed by atoms with Gasteiger partial charge in [0.2, 0.25) is 0 Å². The molecule has 0 fully saturated rings. The average molecular weight is 480 g/mol. The highest BCUT2D eigenvalue weighted by Gasteiger charge is 2.30. The maximum absolute atomic E-state index is 12.6. The van der Waals surface area contributed by atoms with Gasteiger partial charge < -0.3 is 14.2 Å². The Morgan fingerprint density at radius 3 is 2.06 bits per heavy atom. The predicted molar refractivity (Wildman–Crippen MR) is 133 cm³/mol. The highest BCUT2D eigenvalue weighted by atomic mass is 32.2. The zero-order valence-electron chi connectivity index (χ0n) is 20.2. The van der Waals surface area contributed by atoms with Crippen molar-refractivity contribution in [2.45, 2.75) is 54.9 Å². The third kappa shape index (κ3) is 7.39. The molecule has 3 rings (SSSR count). The Morgan fingerprint density at radius 1 is 0.824 bits per heavy atom. The summed E-state index contributed by atoms with van der Waals surface area (Å²) in [6.07, 6.45) is -0.741. The molecule has 1 unspecified atom stereocenters. The van der Waals surface area contributed by atoms with Gasteiger partial charge in [-0.1, -0.05) is 38.1 Å². The van der Waals surface area contributed by atoms with Crippen LogP contribution in [0.4, 0.5) is 4.79 Å². The second-order valence-corrected chi connectivity index (χ2v) is 11.2. The SMILES string of the molecule is CC(C)COC(=O)c1cccc([S+](c2ccccc2)c2ccc(OC(=O)OC(C)(C)C)cc2)c1. The van der Waals surface area contributed by atoms with Gasteiger partial charge in [0.1, 0.15) is 11.4 Å². The number of carbonyl (C=O) groups excluding carboxylic acids is 2. The second-order valence-electron chi connectivity index (χ2n) is 9.18. The molecule has 0 N–H and O–H groups in total. The van der Waals surface area contributed by atoms with Gasteiger partial charge in [0.15, 0.2) is 14.7 Å². The molecule has 0 aliphatic rings. The molecule has 5 nitrogen and oxygen atoms in total. The lowest BCUT2D eigenvalue weighted by Gasteiger charge is -2.18. The molecule has 0 aliphatic heterocycles. The fourth-order valence-corrected chi connectivity index (χ4v) is 5.16. The third-order valence-electron chi connectivity index (χ3n) is 4.48. The topological polar surface area (TPSA) is 61.8 Å². The van der Waals surface area contributed by atoms with E-state index >= 15 is 0 Å². The number of carbonyl (C=O) groups is 2. The summed E-state index contributed by atoms with van der Waals surface area (Å²) in [4.78, 5) is 27.7. The smallest absolute Gasteiger partial charge is 0.462 e. The van der Waals surface area contributed by atoms with E-state index < -0.39 is 22.7 Å². The standard InChI is InChI=1S/C28H31O5S/c1-20(2)19-31-26(29)21-10-9-13-25(18-21)34(23-11-7-6-8-12-23)24-16-14-22(15-17-24)32-27(30)33-28(3,4)5/h6-18,20H,19H2,1-5H3/q+1. The number of hydrogen-bond donors (Lipinski definition) is 0. The van der Waals surface area contributed by atoms with E-state index in [2.05, 4.69) is 12.1 Å². The van der Waals surface area contributed by atoms with Crippen molar-refractivity contribution in [2.75, 3.05) is 6.61 Å². The summed E-state index contributed by atoms with van der Waals surface area (Å²) in [7, 11) is -0.471. The minimum absolute atomic E-state index is 0.271. The van der Waals surface area contributed by atoms with Crippen molar-refractivity contribution < 1.29 is 23.8 Å². The molecule has 0 amide bonds. The van der Waals surface area contributed by atoms with E-state index in [-0.39, 0.29) is 11.9 Å². The largest absolute Gasteiger partial charge is 0.514 e. The Morgan fingerprint density at radius 2 is 1.44 bits per heavy atom. The first kappa shape index (κ1) is 25.4. The van der Waals surface area contributed by atoms with Crippen LogP contribution in [0.25, 0.3) is 0 Å². The van der Waals surface area contributed by atoms with Gasteiger partial charge in [0.05, 0.1) is 23.1 Å². The van der Waals surface area contributed by atoms with Gasteiger partial charge in [-0.25, -0.2) is 9.59 Å². The first-order chi connectivity index (χ1) is 16.1. The summed E-state index contributed by atoms with van der Waals surface area (Å²) in [5.74, 6) is 0.349. The minimum atomic E-state index is -0.741. The van der Waals surface area contributed by atoms with E-state index in [4.69, 9.17) is 14.2 Å². The van der Waals surface area contributed by atoms with Crippen LogP contribution in [0.5, 0.6) is 5.75 Å². The summed E-state index contributed by atoms with van der Waals surface area (Å²) < 4.78 is 16.0. The van der Waals surface area contributed by atoms with Gasteiger partial charge in [0.25, 0.3) is 0 Å². The summed E-state index contributed by atoms with van der Waals surface area (Å²) >= 11 is 0. The molecule has 0 bridgehead atoms. The molecule has 178 valence electrons. The zero-order chi connectivity index (χ0) is 24.7. The van der Waals surface area contributed by atoms with E-state index in [0.29, 0.717) is 17.9 Å². The number of hydrogen-bond acceptors (Lipinski definition) is 5. The second kappa shape index (κ2) is 11.3. The molecule has 3 aromatic carbocycles. The molecule has 0 radical (unpaired) electrons. The summed E-state index contributed by atoms with van der Waals surface area (Å²) in [5, 5.41) is 0. The van der Waals surface area contributed by atoms with Crippen LogP contribution in [0, 0.1) is 5.92 Å². The lowest BCUT2D eigenvalue weighted by atomic mass is 10.2. The molecule has 34 heavy (non-hydrogen) atoms. The van der Waals surface area contributed by atoms with Crippen LogP contribution in [0.3, 0.4) is 0 Å². The zero-order valence-corrected chi connectivity index (χ0v) is 21.1. The molecule has 0 saturated heterocycles. The Hall–Kier alpha value is -3.25. The van der Waals surface area contributed by atoms with Crippen LogP contribution >= 0.6 is 0 Å². The lowest BCUT2D eigenvalue weighted by Crippen LogP contribution is -2.25. The first-order valence-electron chi connectivity index (χ1n) is 11.2. The van der Waals surface area contributed by atoms with Gasteiger partial charge in [-0.15, -0.1) is 0 Å². The van der Waals surface area contributed by atoms with Gasteiger partial charge in [-0.2, -0.15) is 0 Å². The van der Waals surface area contributed by atoms with E-state index in [1.54, 1.807) is 39.0 Å². The first-order valence-corrected chi connectivity index (χ1v) is 12.4. The monoisotopic (exact) mass is 479 g/mol. The Balaban J connectivity index is 1.89. The number of benzene rings is 3. The lowest BCUT2D eigenvalue weighted by molar-refractivity contribution is 0.0206. The molecule has 6 heteroatoms. The van der Waals surface area contributed by atoms with Crippen LogP contribution in [-0.4, -0.2) is 24.3 Å². The maximum atomic E-state index is 12.6. The molecule has 0 aromatic heterocycles. The van der Waals surface area contributed by atoms with Crippen molar-refractivity contribution in [3.05, 3.63) is 84.4 Å². The third-order valence-corrected chi connectivity index (χ3v) is 6.69. The number of ether oxygens (including phenoxy) is 3. The Bertz CT molecular complexity index is 1100. The molecule has 0 saturated carbocycles. The highest BCUT2D eigenvalue weighted by molar-refractivity contribution is 7.97. The van der Waals surface area contributed by atoms with Crippen molar-refractivity contribution in [3.8, 4) is 5.75 Å². The van der Waals surface area contributed by atoms with Gasteiger partial charge in [-0.3, -0.25) is 0 Å². The molecular weight excluding hydrogens is 448 g/mol. The van der Waals surface area contributed by atoms with E-state index in [9.17, 15) is 9.59 Å². The molecule has 0 heterocycles. The van der Waals surface area contributed by atoms with E-state index in [0.717, 1.165) is 14.7 Å². The normalized spacial score (nSPS) is 12.2. The Kier molecular flexibility index (Phi) is 8.40. The van der Waals surface area contributed by atoms with Crippen molar-refractivity contribution in [1.29, 1.82) is 0 Å². The van der Waals surface area contributed by atoms with Crippen molar-refractivity contribution in [2.24, 2.45) is 5.92 Å². The summed E-state index contributed by atoms with van der Waals surface area (Å²) in [5.41, 5.74) is -0.102. The average Bonchev–Trinajstić information content (AvgIpc) is 2.78. The molecule has 0 aliphatic carbocycles. The molecule has 0 spiro atoms. The highest BCUT2D eigenvalue weighted by Crippen LogP contribution is 2.32. The van der Waals surface area contributed by atoms with Crippen LogP contribution in [0.2, 0.25) is 0 Å². The predicted octanol–water partition coefficient (Wildman–Crippen LogP) is 6.91. The molecular formula is C28H31O5S+.